The number of piperidine rings is 2. The number of pyridine rings is 1. The number of nitrogens with one attached hydrogen (secondary N) is 2. The fraction of sp³-hybridized carbons (Fsp3) is 0.667. The van der Waals surface area contributed by atoms with Gasteiger partial charge in [0.2, 0.25) is 0 Å². The van der Waals surface area contributed by atoms with Gasteiger partial charge in [-0.25, -0.2) is 0 Å². The Morgan fingerprint density at radius 2 is 1.50 bits per heavy atom. The molecule has 98 valence electrons. The summed E-state index contributed by atoms with van der Waals surface area (Å²) >= 11 is 0. The lowest BCUT2D eigenvalue weighted by Gasteiger charge is -2.25. The van der Waals surface area contributed by atoms with Gasteiger partial charge in [0, 0.05) is 17.8 Å². The van der Waals surface area contributed by atoms with Gasteiger partial charge >= 0.3 is 0 Å². The molecule has 0 aliphatic carbocycles. The lowest BCUT2D eigenvalue weighted by atomic mass is 9.87. The second-order valence-corrected chi connectivity index (χ2v) is 5.56. The topological polar surface area (TPSA) is 37.0 Å². The standard InChI is InChI=1S/C15H23N3/c1-6-16-7-2-12(1)14-5-10-18-15(11-14)13-3-8-17-9-4-13/h5,10-13,16-17H,1-4,6-9H2. The Balaban J connectivity index is 1.75. The molecule has 2 fully saturated rings. The number of hydrogen-bond donors (Lipinski definition) is 2. The molecular weight excluding hydrogens is 222 g/mol. The van der Waals surface area contributed by atoms with Crippen molar-refractivity contribution in [2.24, 2.45) is 0 Å². The zero-order valence-electron chi connectivity index (χ0n) is 11.0. The third kappa shape index (κ3) is 2.73. The van der Waals surface area contributed by atoms with E-state index in [1.54, 1.807) is 0 Å². The number of hydrogen-bond acceptors (Lipinski definition) is 3. The highest BCUT2D eigenvalue weighted by Gasteiger charge is 2.19. The predicted octanol–water partition coefficient (Wildman–Crippen LogP) is 2.02. The summed E-state index contributed by atoms with van der Waals surface area (Å²) in [6, 6.07) is 4.60. The molecule has 0 unspecified atom stereocenters. The van der Waals surface area contributed by atoms with E-state index in [1.807, 2.05) is 6.20 Å². The molecule has 2 aliphatic rings. The minimum Gasteiger partial charge on any atom is -0.317 e. The van der Waals surface area contributed by atoms with Crippen LogP contribution >= 0.6 is 0 Å². The number of aromatic nitrogens is 1. The maximum absolute atomic E-state index is 4.61. The summed E-state index contributed by atoms with van der Waals surface area (Å²) in [4.78, 5) is 4.61. The van der Waals surface area contributed by atoms with Gasteiger partial charge in [-0.05, 0) is 75.5 Å². The van der Waals surface area contributed by atoms with Gasteiger partial charge in [-0.3, -0.25) is 4.98 Å². The van der Waals surface area contributed by atoms with Crippen LogP contribution in [-0.4, -0.2) is 31.2 Å². The maximum atomic E-state index is 4.61. The van der Waals surface area contributed by atoms with Crippen molar-refractivity contribution in [3.05, 3.63) is 29.6 Å². The van der Waals surface area contributed by atoms with Crippen LogP contribution in [0, 0.1) is 0 Å². The van der Waals surface area contributed by atoms with Crippen LogP contribution in [-0.2, 0) is 0 Å². The predicted molar refractivity (Wildman–Crippen MR) is 73.9 cm³/mol. The smallest absolute Gasteiger partial charge is 0.0438 e. The van der Waals surface area contributed by atoms with E-state index in [4.69, 9.17) is 0 Å². The third-order valence-corrected chi connectivity index (χ3v) is 4.37. The minimum absolute atomic E-state index is 0.674. The van der Waals surface area contributed by atoms with Crippen LogP contribution < -0.4 is 10.6 Å². The highest BCUT2D eigenvalue weighted by atomic mass is 14.9. The summed E-state index contributed by atoms with van der Waals surface area (Å²) in [7, 11) is 0. The summed E-state index contributed by atoms with van der Waals surface area (Å²) < 4.78 is 0. The molecule has 3 nitrogen and oxygen atoms in total. The van der Waals surface area contributed by atoms with Crippen molar-refractivity contribution in [2.75, 3.05) is 26.2 Å². The molecule has 3 heterocycles. The molecule has 3 rings (SSSR count). The molecule has 0 bridgehead atoms. The Hall–Kier alpha value is -0.930. The molecule has 18 heavy (non-hydrogen) atoms. The van der Waals surface area contributed by atoms with Gasteiger partial charge in [0.25, 0.3) is 0 Å². The molecular formula is C15H23N3. The average Bonchev–Trinajstić information content (AvgIpc) is 2.49. The number of rotatable bonds is 2. The summed E-state index contributed by atoms with van der Waals surface area (Å²) in [5, 5.41) is 6.86. The van der Waals surface area contributed by atoms with Crippen LogP contribution in [0.25, 0.3) is 0 Å². The van der Waals surface area contributed by atoms with Crippen molar-refractivity contribution < 1.29 is 0 Å². The molecule has 0 radical (unpaired) electrons. The first kappa shape index (κ1) is 12.1. The van der Waals surface area contributed by atoms with E-state index in [0.717, 1.165) is 32.1 Å². The molecule has 1 aromatic heterocycles. The van der Waals surface area contributed by atoms with E-state index in [9.17, 15) is 0 Å². The first-order valence-corrected chi connectivity index (χ1v) is 7.31. The summed E-state index contributed by atoms with van der Waals surface area (Å²) in [6.45, 7) is 4.61. The summed E-state index contributed by atoms with van der Waals surface area (Å²) in [5.41, 5.74) is 2.84. The van der Waals surface area contributed by atoms with E-state index in [1.165, 1.54) is 36.9 Å². The highest BCUT2D eigenvalue weighted by Crippen LogP contribution is 2.29. The Bertz CT molecular complexity index is 346. The minimum atomic E-state index is 0.674. The van der Waals surface area contributed by atoms with Crippen LogP contribution in [0.2, 0.25) is 0 Å². The SMILES string of the molecule is c1cc(C2CCNCC2)cc(C2CCNCC2)n1. The molecule has 2 aliphatic heterocycles. The molecule has 2 N–H and O–H groups in total. The lowest BCUT2D eigenvalue weighted by Crippen LogP contribution is -2.28. The molecule has 0 spiro atoms. The van der Waals surface area contributed by atoms with Gasteiger partial charge < -0.3 is 10.6 Å². The first-order valence-electron chi connectivity index (χ1n) is 7.31. The van der Waals surface area contributed by atoms with Crippen LogP contribution in [0.1, 0.15) is 48.8 Å². The van der Waals surface area contributed by atoms with Crippen molar-refractivity contribution in [1.29, 1.82) is 0 Å². The van der Waals surface area contributed by atoms with Crippen LogP contribution in [0.3, 0.4) is 0 Å². The largest absolute Gasteiger partial charge is 0.317 e. The van der Waals surface area contributed by atoms with Gasteiger partial charge in [0.05, 0.1) is 0 Å². The van der Waals surface area contributed by atoms with Crippen LogP contribution in [0.15, 0.2) is 18.3 Å². The van der Waals surface area contributed by atoms with E-state index < -0.39 is 0 Å². The third-order valence-electron chi connectivity index (χ3n) is 4.37. The second kappa shape index (κ2) is 5.81. The van der Waals surface area contributed by atoms with Gasteiger partial charge in [0.1, 0.15) is 0 Å². The molecule has 3 heteroatoms. The van der Waals surface area contributed by atoms with Crippen molar-refractivity contribution in [1.82, 2.24) is 15.6 Å². The highest BCUT2D eigenvalue weighted by molar-refractivity contribution is 5.23. The van der Waals surface area contributed by atoms with Gasteiger partial charge in [-0.15, -0.1) is 0 Å². The number of nitrogens with zero attached hydrogens (tertiary/aromatic N) is 1. The molecule has 1 aromatic rings. The van der Waals surface area contributed by atoms with Crippen molar-refractivity contribution in [3.63, 3.8) is 0 Å². The molecule has 2 saturated heterocycles. The second-order valence-electron chi connectivity index (χ2n) is 5.56. The monoisotopic (exact) mass is 245 g/mol. The van der Waals surface area contributed by atoms with E-state index >= 15 is 0 Å². The van der Waals surface area contributed by atoms with Crippen molar-refractivity contribution in [2.45, 2.75) is 37.5 Å². The van der Waals surface area contributed by atoms with Gasteiger partial charge in [-0.1, -0.05) is 0 Å². The zero-order chi connectivity index (χ0) is 12.2. The summed E-state index contributed by atoms with van der Waals surface area (Å²) in [5.74, 6) is 1.42. The van der Waals surface area contributed by atoms with Crippen molar-refractivity contribution in [3.8, 4) is 0 Å². The molecule has 0 aromatic carbocycles. The Labute approximate surface area is 109 Å². The molecule has 0 amide bonds. The van der Waals surface area contributed by atoms with Gasteiger partial charge in [-0.2, -0.15) is 0 Å². The maximum Gasteiger partial charge on any atom is 0.0438 e. The average molecular weight is 245 g/mol. The molecule has 0 atom stereocenters. The normalized spacial score (nSPS) is 23.1. The van der Waals surface area contributed by atoms with E-state index in [-0.39, 0.29) is 0 Å². The summed E-state index contributed by atoms with van der Waals surface area (Å²) in [6.07, 6.45) is 7.05. The Morgan fingerprint density at radius 3 is 2.17 bits per heavy atom. The molecule has 0 saturated carbocycles. The van der Waals surface area contributed by atoms with Crippen molar-refractivity contribution >= 4 is 0 Å². The fourth-order valence-corrected chi connectivity index (χ4v) is 3.22. The van der Waals surface area contributed by atoms with Gasteiger partial charge in [0.15, 0.2) is 0 Å². The Kier molecular flexibility index (Phi) is 3.91. The lowest BCUT2D eigenvalue weighted by molar-refractivity contribution is 0.446. The Morgan fingerprint density at radius 1 is 0.889 bits per heavy atom. The zero-order valence-corrected chi connectivity index (χ0v) is 11.0. The van der Waals surface area contributed by atoms with Crippen LogP contribution in [0.5, 0.6) is 0 Å². The first-order chi connectivity index (χ1) is 8.93. The van der Waals surface area contributed by atoms with Crippen LogP contribution in [0.4, 0.5) is 0 Å². The fourth-order valence-electron chi connectivity index (χ4n) is 3.22. The van der Waals surface area contributed by atoms with E-state index in [0.29, 0.717) is 5.92 Å². The van der Waals surface area contributed by atoms with E-state index in [2.05, 4.69) is 27.8 Å². The quantitative estimate of drug-likeness (QED) is 0.837.